The van der Waals surface area contributed by atoms with Crippen molar-refractivity contribution in [2.24, 2.45) is 0 Å². The van der Waals surface area contributed by atoms with E-state index in [0.29, 0.717) is 16.2 Å². The maximum absolute atomic E-state index is 13.0. The molecule has 3 rings (SSSR count). The Hall–Kier alpha value is -3.68. The van der Waals surface area contributed by atoms with E-state index in [1.54, 1.807) is 36.4 Å². The first-order valence-electron chi connectivity index (χ1n) is 7.96. The summed E-state index contributed by atoms with van der Waals surface area (Å²) in [4.78, 5) is 35.4. The molecule has 7 nitrogen and oxygen atoms in total. The summed E-state index contributed by atoms with van der Waals surface area (Å²) in [5.41, 5.74) is 1.25. The van der Waals surface area contributed by atoms with Gasteiger partial charge in [0.2, 0.25) is 0 Å². The van der Waals surface area contributed by atoms with Crippen LogP contribution < -0.4 is 10.1 Å². The van der Waals surface area contributed by atoms with E-state index in [1.807, 2.05) is 0 Å². The predicted molar refractivity (Wildman–Crippen MR) is 93.0 cm³/mol. The molecule has 0 unspecified atom stereocenters. The highest BCUT2D eigenvalue weighted by atomic mass is 19.1. The molecule has 0 spiro atoms. The summed E-state index contributed by atoms with van der Waals surface area (Å²) in [5, 5.41) is 11.1. The minimum atomic E-state index is -1.29. The quantitative estimate of drug-likeness (QED) is 0.601. The van der Waals surface area contributed by atoms with Gasteiger partial charge in [-0.05, 0) is 29.8 Å². The number of carbonyl (C=O) groups is 3. The van der Waals surface area contributed by atoms with E-state index in [2.05, 4.69) is 5.32 Å². The van der Waals surface area contributed by atoms with Gasteiger partial charge in [0.05, 0.1) is 0 Å². The van der Waals surface area contributed by atoms with Gasteiger partial charge in [-0.2, -0.15) is 0 Å². The third-order valence-electron chi connectivity index (χ3n) is 3.78. The molecule has 1 aliphatic heterocycles. The van der Waals surface area contributed by atoms with Gasteiger partial charge < -0.3 is 15.2 Å². The summed E-state index contributed by atoms with van der Waals surface area (Å²) in [7, 11) is 0. The van der Waals surface area contributed by atoms with Gasteiger partial charge in [-0.25, -0.2) is 14.1 Å². The van der Waals surface area contributed by atoms with Crippen molar-refractivity contribution in [2.75, 3.05) is 6.54 Å². The summed E-state index contributed by atoms with van der Waals surface area (Å²) < 4.78 is 18.7. The third-order valence-corrected chi connectivity index (χ3v) is 3.78. The Morgan fingerprint density at radius 3 is 2.56 bits per heavy atom. The van der Waals surface area contributed by atoms with Crippen LogP contribution >= 0.6 is 0 Å². The van der Waals surface area contributed by atoms with E-state index < -0.39 is 24.5 Å². The van der Waals surface area contributed by atoms with Crippen LogP contribution in [-0.2, 0) is 16.2 Å². The highest BCUT2D eigenvalue weighted by Gasteiger charge is 2.34. The molecular formula is C19H15FN2O5. The molecule has 8 heteroatoms. The van der Waals surface area contributed by atoms with Gasteiger partial charge >= 0.3 is 12.0 Å². The first-order valence-corrected chi connectivity index (χ1v) is 7.96. The zero-order valence-corrected chi connectivity index (χ0v) is 14.0. The lowest BCUT2D eigenvalue weighted by Crippen LogP contribution is -2.35. The number of imide groups is 1. The Balaban J connectivity index is 1.78. The molecule has 0 aliphatic carbocycles. The smallest absolute Gasteiger partial charge is 0.329 e. The summed E-state index contributed by atoms with van der Waals surface area (Å²) in [5.74, 6) is -1.91. The topological polar surface area (TPSA) is 95.9 Å². The lowest BCUT2D eigenvalue weighted by atomic mass is 10.1. The van der Waals surface area contributed by atoms with Gasteiger partial charge in [-0.1, -0.05) is 30.3 Å². The van der Waals surface area contributed by atoms with Gasteiger partial charge in [-0.15, -0.1) is 0 Å². The number of hydrogen-bond acceptors (Lipinski definition) is 4. The largest absolute Gasteiger partial charge is 0.488 e. The summed E-state index contributed by atoms with van der Waals surface area (Å²) >= 11 is 0. The van der Waals surface area contributed by atoms with E-state index in [9.17, 15) is 18.8 Å². The van der Waals surface area contributed by atoms with E-state index >= 15 is 0 Å². The molecule has 0 atom stereocenters. The van der Waals surface area contributed by atoms with Crippen molar-refractivity contribution in [3.05, 3.63) is 71.2 Å². The second-order valence-corrected chi connectivity index (χ2v) is 5.73. The van der Waals surface area contributed by atoms with E-state index in [4.69, 9.17) is 9.84 Å². The number of hydrogen-bond donors (Lipinski definition) is 2. The molecule has 0 radical (unpaired) electrons. The Labute approximate surface area is 153 Å². The fourth-order valence-electron chi connectivity index (χ4n) is 2.48. The van der Waals surface area contributed by atoms with Crippen LogP contribution in [0, 0.1) is 5.82 Å². The molecule has 0 bridgehead atoms. The highest BCUT2D eigenvalue weighted by Crippen LogP contribution is 2.23. The molecule has 1 fully saturated rings. The van der Waals surface area contributed by atoms with Gasteiger partial charge in [0, 0.05) is 5.56 Å². The first-order chi connectivity index (χ1) is 12.9. The summed E-state index contributed by atoms with van der Waals surface area (Å²) in [6.45, 7) is -0.531. The predicted octanol–water partition coefficient (Wildman–Crippen LogP) is 2.38. The average molecular weight is 370 g/mol. The molecule has 0 saturated carbocycles. The lowest BCUT2D eigenvalue weighted by molar-refractivity contribution is -0.140. The number of nitrogens with one attached hydrogen (secondary N) is 1. The standard InChI is InChI=1S/C19H15FN2O5/c20-14-7-5-12(6-8-14)11-27-16-4-2-1-3-13(16)9-15-18(25)22(10-17(23)24)19(26)21-15/h1-9H,10-11H2,(H,21,26)(H,23,24)/b15-9+. The van der Waals surface area contributed by atoms with Crippen LogP contribution in [-0.4, -0.2) is 34.5 Å². The van der Waals surface area contributed by atoms with Crippen molar-refractivity contribution in [1.82, 2.24) is 10.2 Å². The molecule has 3 amide bonds. The van der Waals surface area contributed by atoms with Crippen molar-refractivity contribution in [2.45, 2.75) is 6.61 Å². The number of amides is 3. The molecule has 27 heavy (non-hydrogen) atoms. The molecule has 2 aromatic carbocycles. The Kier molecular flexibility index (Phi) is 5.16. The van der Waals surface area contributed by atoms with Gasteiger partial charge in [0.25, 0.3) is 5.91 Å². The number of halogens is 1. The lowest BCUT2D eigenvalue weighted by Gasteiger charge is -2.10. The summed E-state index contributed by atoms with van der Waals surface area (Å²) in [6, 6.07) is 11.9. The van der Waals surface area contributed by atoms with Crippen molar-refractivity contribution in [1.29, 1.82) is 0 Å². The minimum Gasteiger partial charge on any atom is -0.488 e. The zero-order chi connectivity index (χ0) is 19.4. The zero-order valence-electron chi connectivity index (χ0n) is 14.0. The van der Waals surface area contributed by atoms with Crippen LogP contribution in [0.1, 0.15) is 11.1 Å². The van der Waals surface area contributed by atoms with Crippen LogP contribution in [0.25, 0.3) is 6.08 Å². The Bertz CT molecular complexity index is 924. The van der Waals surface area contributed by atoms with E-state index in [-0.39, 0.29) is 18.1 Å². The number of rotatable bonds is 6. The monoisotopic (exact) mass is 370 g/mol. The number of carbonyl (C=O) groups excluding carboxylic acids is 2. The average Bonchev–Trinajstić information content (AvgIpc) is 2.89. The first kappa shape index (κ1) is 18.1. The van der Waals surface area contributed by atoms with E-state index in [0.717, 1.165) is 5.56 Å². The number of carboxylic acids is 1. The number of para-hydroxylation sites is 1. The molecule has 0 aromatic heterocycles. The Morgan fingerprint density at radius 2 is 1.85 bits per heavy atom. The molecule has 2 aromatic rings. The van der Waals surface area contributed by atoms with Crippen LogP contribution in [0.5, 0.6) is 5.75 Å². The van der Waals surface area contributed by atoms with Crippen molar-refractivity contribution >= 4 is 24.0 Å². The third kappa shape index (κ3) is 4.30. The fourth-order valence-corrected chi connectivity index (χ4v) is 2.48. The van der Waals surface area contributed by atoms with Gasteiger partial charge in [0.15, 0.2) is 0 Å². The number of benzene rings is 2. The molecule has 2 N–H and O–H groups in total. The minimum absolute atomic E-state index is 0.0425. The molecule has 138 valence electrons. The SMILES string of the molecule is O=C(O)CN1C(=O)N/C(=C/c2ccccc2OCc2ccc(F)cc2)C1=O. The highest BCUT2D eigenvalue weighted by molar-refractivity contribution is 6.15. The van der Waals surface area contributed by atoms with Gasteiger partial charge in [-0.3, -0.25) is 9.59 Å². The molecule has 1 heterocycles. The summed E-state index contributed by atoms with van der Waals surface area (Å²) in [6.07, 6.45) is 1.42. The number of ether oxygens (including phenoxy) is 1. The normalized spacial score (nSPS) is 15.1. The van der Waals surface area contributed by atoms with Crippen molar-refractivity contribution < 1.29 is 28.6 Å². The number of nitrogens with zero attached hydrogens (tertiary/aromatic N) is 1. The van der Waals surface area contributed by atoms with Crippen LogP contribution in [0.15, 0.2) is 54.2 Å². The molecule has 1 saturated heterocycles. The number of aliphatic carboxylic acids is 1. The number of urea groups is 1. The Morgan fingerprint density at radius 1 is 1.15 bits per heavy atom. The fraction of sp³-hybridized carbons (Fsp3) is 0.105. The second-order valence-electron chi connectivity index (χ2n) is 5.73. The maximum atomic E-state index is 13.0. The molecule has 1 aliphatic rings. The van der Waals surface area contributed by atoms with Gasteiger partial charge in [0.1, 0.15) is 30.4 Å². The van der Waals surface area contributed by atoms with Crippen molar-refractivity contribution in [3.8, 4) is 5.75 Å². The molecular weight excluding hydrogens is 355 g/mol. The van der Waals surface area contributed by atoms with Crippen LogP contribution in [0.4, 0.5) is 9.18 Å². The number of carboxylic acid groups (broad SMARTS) is 1. The second kappa shape index (κ2) is 7.69. The van der Waals surface area contributed by atoms with Crippen molar-refractivity contribution in [3.63, 3.8) is 0 Å². The maximum Gasteiger partial charge on any atom is 0.329 e. The van der Waals surface area contributed by atoms with Crippen LogP contribution in [0.2, 0.25) is 0 Å². The van der Waals surface area contributed by atoms with E-state index in [1.165, 1.54) is 18.2 Å². The van der Waals surface area contributed by atoms with Crippen LogP contribution in [0.3, 0.4) is 0 Å².